The Balaban J connectivity index is 1.52. The number of nitrogens with one attached hydrogen (secondary N) is 1. The molecule has 1 fully saturated rings. The smallest absolute Gasteiger partial charge is 0.237 e. The summed E-state index contributed by atoms with van der Waals surface area (Å²) >= 11 is 0. The zero-order valence-corrected chi connectivity index (χ0v) is 14.1. The number of amides is 1. The van der Waals surface area contributed by atoms with E-state index in [9.17, 15) is 4.79 Å². The van der Waals surface area contributed by atoms with Crippen LogP contribution in [0.3, 0.4) is 0 Å². The van der Waals surface area contributed by atoms with Crippen molar-refractivity contribution in [3.8, 4) is 0 Å². The summed E-state index contributed by atoms with van der Waals surface area (Å²) < 4.78 is 5.26. The molecule has 2 aromatic rings. The molecule has 0 unspecified atom stereocenters. The van der Waals surface area contributed by atoms with Gasteiger partial charge >= 0.3 is 0 Å². The van der Waals surface area contributed by atoms with E-state index in [4.69, 9.17) is 4.52 Å². The number of likely N-dealkylation sites (tertiary alicyclic amines) is 1. The first-order valence-electron chi connectivity index (χ1n) is 8.56. The van der Waals surface area contributed by atoms with Crippen molar-refractivity contribution >= 4 is 5.91 Å². The van der Waals surface area contributed by atoms with E-state index in [1.165, 1.54) is 6.42 Å². The third kappa shape index (κ3) is 4.41. The second-order valence-electron chi connectivity index (χ2n) is 6.33. The molecule has 0 radical (unpaired) electrons. The summed E-state index contributed by atoms with van der Waals surface area (Å²) in [6, 6.07) is 9.93. The summed E-state index contributed by atoms with van der Waals surface area (Å²) in [5, 5.41) is 6.89. The van der Waals surface area contributed by atoms with Gasteiger partial charge in [-0.05, 0) is 32.0 Å². The lowest BCUT2D eigenvalue weighted by Gasteiger charge is -2.24. The van der Waals surface area contributed by atoms with E-state index in [-0.39, 0.29) is 11.9 Å². The van der Waals surface area contributed by atoms with Crippen molar-refractivity contribution < 1.29 is 9.32 Å². The Morgan fingerprint density at radius 3 is 2.96 bits per heavy atom. The standard InChI is InChI=1S/C18H24N4O2/c1-22-11-7-3-6-10-15(22)18(23)19-13-16-20-17(24-21-16)12-14-8-4-2-5-9-14/h2,4-5,8-9,15H,3,6-7,10-13H2,1H3,(H,19,23)/t15-/m0/s1. The fourth-order valence-electron chi connectivity index (χ4n) is 3.07. The summed E-state index contributed by atoms with van der Waals surface area (Å²) in [5.41, 5.74) is 1.12. The van der Waals surface area contributed by atoms with Gasteiger partial charge in [0, 0.05) is 0 Å². The maximum Gasteiger partial charge on any atom is 0.237 e. The number of hydrogen-bond donors (Lipinski definition) is 1. The fourth-order valence-corrected chi connectivity index (χ4v) is 3.07. The van der Waals surface area contributed by atoms with Gasteiger partial charge in [-0.15, -0.1) is 0 Å². The molecule has 1 amide bonds. The van der Waals surface area contributed by atoms with E-state index in [0.29, 0.717) is 24.7 Å². The largest absolute Gasteiger partial charge is 0.347 e. The molecule has 0 aliphatic carbocycles. The van der Waals surface area contributed by atoms with Crippen LogP contribution in [-0.2, 0) is 17.8 Å². The molecular formula is C18H24N4O2. The molecule has 1 saturated heterocycles. The van der Waals surface area contributed by atoms with Crippen LogP contribution in [0.15, 0.2) is 34.9 Å². The Bertz CT molecular complexity index is 656. The molecular weight excluding hydrogens is 304 g/mol. The summed E-state index contributed by atoms with van der Waals surface area (Å²) in [7, 11) is 2.02. The van der Waals surface area contributed by atoms with Gasteiger partial charge in [0.15, 0.2) is 5.82 Å². The van der Waals surface area contributed by atoms with Crippen LogP contribution in [0, 0.1) is 0 Å². The van der Waals surface area contributed by atoms with Crippen LogP contribution < -0.4 is 5.32 Å². The van der Waals surface area contributed by atoms with Gasteiger partial charge in [0.05, 0.1) is 19.0 Å². The topological polar surface area (TPSA) is 71.3 Å². The Kier molecular flexibility index (Phi) is 5.59. The van der Waals surface area contributed by atoms with Crippen molar-refractivity contribution in [2.24, 2.45) is 0 Å². The van der Waals surface area contributed by atoms with Gasteiger partial charge in [0.25, 0.3) is 0 Å². The van der Waals surface area contributed by atoms with Crippen molar-refractivity contribution in [2.45, 2.75) is 44.7 Å². The van der Waals surface area contributed by atoms with Crippen molar-refractivity contribution in [3.05, 3.63) is 47.6 Å². The predicted molar refractivity (Wildman–Crippen MR) is 90.3 cm³/mol. The minimum absolute atomic E-state index is 0.0498. The van der Waals surface area contributed by atoms with Crippen LogP contribution in [0.1, 0.15) is 43.0 Å². The molecule has 6 heteroatoms. The molecule has 3 rings (SSSR count). The molecule has 1 aromatic carbocycles. The molecule has 1 atom stereocenters. The van der Waals surface area contributed by atoms with E-state index in [2.05, 4.69) is 20.4 Å². The highest BCUT2D eigenvalue weighted by Crippen LogP contribution is 2.15. The van der Waals surface area contributed by atoms with Crippen molar-refractivity contribution in [1.29, 1.82) is 0 Å². The van der Waals surface area contributed by atoms with E-state index < -0.39 is 0 Å². The van der Waals surface area contributed by atoms with Crippen LogP contribution in [0.5, 0.6) is 0 Å². The molecule has 1 aliphatic rings. The number of carbonyl (C=O) groups excluding carboxylic acids is 1. The highest BCUT2D eigenvalue weighted by atomic mass is 16.5. The Labute approximate surface area is 142 Å². The highest BCUT2D eigenvalue weighted by molar-refractivity contribution is 5.81. The number of aromatic nitrogens is 2. The number of rotatable bonds is 5. The zero-order chi connectivity index (χ0) is 16.8. The van der Waals surface area contributed by atoms with Crippen molar-refractivity contribution in [3.63, 3.8) is 0 Å². The van der Waals surface area contributed by atoms with Gasteiger partial charge in [-0.3, -0.25) is 9.69 Å². The monoisotopic (exact) mass is 328 g/mol. The van der Waals surface area contributed by atoms with Gasteiger partial charge in [0.1, 0.15) is 0 Å². The highest BCUT2D eigenvalue weighted by Gasteiger charge is 2.24. The summed E-state index contributed by atoms with van der Waals surface area (Å²) in [6.45, 7) is 1.28. The van der Waals surface area contributed by atoms with E-state index >= 15 is 0 Å². The molecule has 24 heavy (non-hydrogen) atoms. The summed E-state index contributed by atoms with van der Waals surface area (Å²) in [4.78, 5) is 18.9. The molecule has 1 aromatic heterocycles. The first-order valence-corrected chi connectivity index (χ1v) is 8.56. The summed E-state index contributed by atoms with van der Waals surface area (Å²) in [5.74, 6) is 1.14. The number of carbonyl (C=O) groups is 1. The molecule has 6 nitrogen and oxygen atoms in total. The van der Waals surface area contributed by atoms with Gasteiger partial charge in [-0.2, -0.15) is 4.98 Å². The van der Waals surface area contributed by atoms with E-state index in [1.54, 1.807) is 0 Å². The minimum Gasteiger partial charge on any atom is -0.347 e. The van der Waals surface area contributed by atoms with Gasteiger partial charge < -0.3 is 9.84 Å². The van der Waals surface area contributed by atoms with Gasteiger partial charge in [-0.25, -0.2) is 0 Å². The van der Waals surface area contributed by atoms with Gasteiger partial charge in [0.2, 0.25) is 11.8 Å². The number of likely N-dealkylation sites (N-methyl/N-ethyl adjacent to an activating group) is 1. The molecule has 0 spiro atoms. The first-order chi connectivity index (χ1) is 11.7. The molecule has 0 bridgehead atoms. The van der Waals surface area contributed by atoms with Gasteiger partial charge in [-0.1, -0.05) is 48.3 Å². The third-order valence-electron chi connectivity index (χ3n) is 4.45. The van der Waals surface area contributed by atoms with Crippen LogP contribution in [-0.4, -0.2) is 40.6 Å². The zero-order valence-electron chi connectivity index (χ0n) is 14.1. The molecule has 1 N–H and O–H groups in total. The maximum absolute atomic E-state index is 12.4. The molecule has 2 heterocycles. The van der Waals surface area contributed by atoms with Crippen LogP contribution in [0.25, 0.3) is 0 Å². The maximum atomic E-state index is 12.4. The van der Waals surface area contributed by atoms with E-state index in [1.807, 2.05) is 37.4 Å². The Morgan fingerprint density at radius 1 is 1.29 bits per heavy atom. The second kappa shape index (κ2) is 8.06. The predicted octanol–water partition coefficient (Wildman–Crippen LogP) is 2.15. The Morgan fingerprint density at radius 2 is 2.12 bits per heavy atom. The first kappa shape index (κ1) is 16.6. The Hall–Kier alpha value is -2.21. The quantitative estimate of drug-likeness (QED) is 0.910. The average molecular weight is 328 g/mol. The molecule has 1 aliphatic heterocycles. The third-order valence-corrected chi connectivity index (χ3v) is 4.45. The summed E-state index contributed by atoms with van der Waals surface area (Å²) in [6.07, 6.45) is 4.97. The van der Waals surface area contributed by atoms with Crippen molar-refractivity contribution in [1.82, 2.24) is 20.4 Å². The minimum atomic E-state index is -0.0526. The average Bonchev–Trinajstić information content (AvgIpc) is 2.92. The van der Waals surface area contributed by atoms with Crippen LogP contribution >= 0.6 is 0 Å². The lowest BCUT2D eigenvalue weighted by molar-refractivity contribution is -0.126. The number of nitrogens with zero attached hydrogens (tertiary/aromatic N) is 3. The normalized spacial score (nSPS) is 19.0. The number of hydrogen-bond acceptors (Lipinski definition) is 5. The fraction of sp³-hybridized carbons (Fsp3) is 0.500. The SMILES string of the molecule is CN1CCCCC[C@H]1C(=O)NCc1noc(Cc2ccccc2)n1. The van der Waals surface area contributed by atoms with Crippen LogP contribution in [0.4, 0.5) is 0 Å². The molecule has 128 valence electrons. The molecule has 0 saturated carbocycles. The van der Waals surface area contributed by atoms with E-state index in [0.717, 1.165) is 31.4 Å². The lowest BCUT2D eigenvalue weighted by Crippen LogP contribution is -2.44. The van der Waals surface area contributed by atoms with Crippen LogP contribution in [0.2, 0.25) is 0 Å². The number of benzene rings is 1. The second-order valence-corrected chi connectivity index (χ2v) is 6.33. The van der Waals surface area contributed by atoms with Crippen molar-refractivity contribution in [2.75, 3.05) is 13.6 Å². The lowest BCUT2D eigenvalue weighted by atomic mass is 10.1.